The van der Waals surface area contributed by atoms with Crippen molar-refractivity contribution in [3.05, 3.63) is 63.8 Å². The molecule has 3 aromatic rings. The highest BCUT2D eigenvalue weighted by atomic mass is 19.1. The van der Waals surface area contributed by atoms with Crippen LogP contribution in [0.5, 0.6) is 5.75 Å². The molecule has 1 unspecified atom stereocenters. The van der Waals surface area contributed by atoms with Gasteiger partial charge in [0.15, 0.2) is 0 Å². The Balaban J connectivity index is 1.39. The summed E-state index contributed by atoms with van der Waals surface area (Å²) in [5.41, 5.74) is 1.01. The van der Waals surface area contributed by atoms with Crippen LogP contribution in [0.3, 0.4) is 0 Å². The highest BCUT2D eigenvalue weighted by Crippen LogP contribution is 2.34. The van der Waals surface area contributed by atoms with E-state index in [0.717, 1.165) is 5.56 Å². The number of imidazole rings is 1. The smallest absolute Gasteiger partial charge is 0.410 e. The second-order valence-corrected chi connectivity index (χ2v) is 12.0. The number of imide groups is 1. The summed E-state index contributed by atoms with van der Waals surface area (Å²) < 4.78 is 29.1. The normalized spacial score (nSPS) is 18.6. The number of fused-ring (bicyclic) bond motifs is 1. The number of nitrogens with zero attached hydrogens (tertiary/aromatic N) is 4. The quantitative estimate of drug-likeness (QED) is 0.412. The molecule has 0 radical (unpaired) electrons. The van der Waals surface area contributed by atoms with Crippen molar-refractivity contribution in [2.24, 2.45) is 7.05 Å². The molecule has 224 valence electrons. The van der Waals surface area contributed by atoms with Crippen molar-refractivity contribution in [2.45, 2.75) is 70.6 Å². The van der Waals surface area contributed by atoms with E-state index in [0.29, 0.717) is 48.3 Å². The summed E-state index contributed by atoms with van der Waals surface area (Å²) in [6.07, 6.45) is 0.974. The second kappa shape index (κ2) is 11.3. The molecule has 2 saturated heterocycles. The van der Waals surface area contributed by atoms with Crippen LogP contribution in [0.2, 0.25) is 0 Å². The second-order valence-electron chi connectivity index (χ2n) is 12.0. The minimum atomic E-state index is -0.931. The molecule has 0 spiro atoms. The number of carbonyl (C=O) groups excluding carboxylic acids is 3. The number of aromatic nitrogens is 2. The Labute approximate surface area is 243 Å². The van der Waals surface area contributed by atoms with E-state index in [4.69, 9.17) is 9.47 Å². The Bertz CT molecular complexity index is 1580. The number of hydrogen-bond acceptors (Lipinski definition) is 6. The van der Waals surface area contributed by atoms with Crippen LogP contribution in [0.15, 0.2) is 41.2 Å². The molecule has 2 aliphatic heterocycles. The van der Waals surface area contributed by atoms with Crippen LogP contribution in [0.25, 0.3) is 11.0 Å². The van der Waals surface area contributed by atoms with Crippen LogP contribution in [0.1, 0.15) is 69.5 Å². The van der Waals surface area contributed by atoms with Gasteiger partial charge in [0.2, 0.25) is 5.91 Å². The number of hydrogen-bond donors (Lipinski definition) is 0. The van der Waals surface area contributed by atoms with E-state index < -0.39 is 29.1 Å². The molecule has 0 aliphatic carbocycles. The summed E-state index contributed by atoms with van der Waals surface area (Å²) in [7, 11) is 3.15. The van der Waals surface area contributed by atoms with Crippen LogP contribution in [0, 0.1) is 5.82 Å². The monoisotopic (exact) mass is 580 g/mol. The van der Waals surface area contributed by atoms with Crippen LogP contribution in [0.4, 0.5) is 9.18 Å². The first kappa shape index (κ1) is 29.3. The Morgan fingerprint density at radius 1 is 1.00 bits per heavy atom. The van der Waals surface area contributed by atoms with Crippen molar-refractivity contribution in [2.75, 3.05) is 20.2 Å². The van der Waals surface area contributed by atoms with Crippen LogP contribution in [-0.4, -0.2) is 62.6 Å². The van der Waals surface area contributed by atoms with Crippen LogP contribution < -0.4 is 10.4 Å². The molecular weight excluding hydrogens is 543 g/mol. The Morgan fingerprint density at radius 3 is 2.29 bits per heavy atom. The molecule has 2 aliphatic rings. The van der Waals surface area contributed by atoms with Crippen molar-refractivity contribution in [1.82, 2.24) is 18.9 Å². The molecule has 42 heavy (non-hydrogen) atoms. The molecule has 11 heteroatoms. The van der Waals surface area contributed by atoms with E-state index >= 15 is 4.39 Å². The van der Waals surface area contributed by atoms with Gasteiger partial charge in [0.25, 0.3) is 5.91 Å². The Morgan fingerprint density at radius 2 is 1.67 bits per heavy atom. The van der Waals surface area contributed by atoms with E-state index in [1.807, 2.05) is 20.8 Å². The zero-order valence-electron chi connectivity index (χ0n) is 24.7. The van der Waals surface area contributed by atoms with Gasteiger partial charge in [0.1, 0.15) is 23.2 Å². The highest BCUT2D eigenvalue weighted by molar-refractivity contribution is 6.00. The molecule has 2 fully saturated rings. The van der Waals surface area contributed by atoms with Crippen molar-refractivity contribution >= 4 is 28.9 Å². The molecule has 1 aromatic heterocycles. The predicted molar refractivity (Wildman–Crippen MR) is 154 cm³/mol. The number of ether oxygens (including phenoxy) is 2. The Kier molecular flexibility index (Phi) is 7.87. The molecule has 0 N–H and O–H groups in total. The van der Waals surface area contributed by atoms with Gasteiger partial charge in [0.05, 0.1) is 24.7 Å². The van der Waals surface area contributed by atoms with Gasteiger partial charge in [-0.2, -0.15) is 0 Å². The van der Waals surface area contributed by atoms with Crippen LogP contribution in [-0.2, 0) is 27.9 Å². The van der Waals surface area contributed by atoms with Crippen LogP contribution >= 0.6 is 0 Å². The number of aryl methyl sites for hydroxylation is 1. The standard InChI is InChI=1S/C31H37FN4O6/c1-31(2,3)42-30(40)34-14-12-20(13-15-34)22-16-25-26(17-23(22)32)36(29(39)33(25)4)24-10-11-27(37)35(28(24)38)18-19-6-8-21(41-5)9-7-19/h6-9,16-17,20,24H,10-15,18H2,1-5H3. The lowest BCUT2D eigenvalue weighted by atomic mass is 9.89. The summed E-state index contributed by atoms with van der Waals surface area (Å²) in [6.45, 7) is 6.39. The third kappa shape index (κ3) is 5.64. The average molecular weight is 581 g/mol. The third-order valence-electron chi connectivity index (χ3n) is 8.09. The molecule has 3 heterocycles. The maximum absolute atomic E-state index is 15.7. The van der Waals surface area contributed by atoms with Gasteiger partial charge in [-0.3, -0.25) is 23.6 Å². The fourth-order valence-corrected chi connectivity index (χ4v) is 5.85. The fourth-order valence-electron chi connectivity index (χ4n) is 5.85. The third-order valence-corrected chi connectivity index (χ3v) is 8.09. The fraction of sp³-hybridized carbons (Fsp3) is 0.484. The molecular formula is C31H37FN4O6. The summed E-state index contributed by atoms with van der Waals surface area (Å²) >= 11 is 0. The first-order chi connectivity index (χ1) is 19.9. The lowest BCUT2D eigenvalue weighted by Gasteiger charge is -2.33. The number of piperidine rings is 2. The minimum absolute atomic E-state index is 0.0676. The van der Waals surface area contributed by atoms with Gasteiger partial charge in [-0.1, -0.05) is 12.1 Å². The zero-order valence-corrected chi connectivity index (χ0v) is 24.7. The van der Waals surface area contributed by atoms with Crippen molar-refractivity contribution in [3.8, 4) is 5.75 Å². The number of likely N-dealkylation sites (tertiary alicyclic amines) is 2. The number of amides is 3. The number of methoxy groups -OCH3 is 1. The maximum atomic E-state index is 15.7. The summed E-state index contributed by atoms with van der Waals surface area (Å²) in [5, 5.41) is 0. The highest BCUT2D eigenvalue weighted by Gasteiger charge is 2.38. The van der Waals surface area contributed by atoms with Gasteiger partial charge in [-0.25, -0.2) is 14.0 Å². The Hall–Kier alpha value is -4.15. The minimum Gasteiger partial charge on any atom is -0.497 e. The number of carbonyl (C=O) groups is 3. The maximum Gasteiger partial charge on any atom is 0.410 e. The van der Waals surface area contributed by atoms with Gasteiger partial charge in [0, 0.05) is 32.6 Å². The molecule has 2 aromatic carbocycles. The molecule has 0 bridgehead atoms. The number of halogens is 1. The number of benzene rings is 2. The van der Waals surface area contributed by atoms with Gasteiger partial charge in [-0.05, 0) is 75.3 Å². The summed E-state index contributed by atoms with van der Waals surface area (Å²) in [4.78, 5) is 55.1. The van der Waals surface area contributed by atoms with E-state index in [1.54, 1.807) is 49.4 Å². The molecule has 0 saturated carbocycles. The first-order valence-electron chi connectivity index (χ1n) is 14.2. The SMILES string of the molecule is COc1ccc(CN2C(=O)CCC(n3c(=O)n(C)c4cc(C5CCN(C(=O)OC(C)(C)C)CC5)c(F)cc43)C2=O)cc1. The van der Waals surface area contributed by atoms with E-state index in [9.17, 15) is 19.2 Å². The van der Waals surface area contributed by atoms with Gasteiger partial charge >= 0.3 is 11.8 Å². The van der Waals surface area contributed by atoms with E-state index in [2.05, 4.69) is 0 Å². The summed E-state index contributed by atoms with van der Waals surface area (Å²) in [5.74, 6) is -0.750. The lowest BCUT2D eigenvalue weighted by Crippen LogP contribution is -2.47. The molecule has 3 amide bonds. The summed E-state index contributed by atoms with van der Waals surface area (Å²) in [6, 6.07) is 9.14. The van der Waals surface area contributed by atoms with E-state index in [1.165, 1.54) is 20.1 Å². The van der Waals surface area contributed by atoms with Crippen molar-refractivity contribution < 1.29 is 28.2 Å². The topological polar surface area (TPSA) is 103 Å². The van der Waals surface area contributed by atoms with Gasteiger partial charge < -0.3 is 14.4 Å². The lowest BCUT2D eigenvalue weighted by molar-refractivity contribution is -0.151. The molecule has 10 nitrogen and oxygen atoms in total. The van der Waals surface area contributed by atoms with Gasteiger partial charge in [-0.15, -0.1) is 0 Å². The average Bonchev–Trinajstić information content (AvgIpc) is 3.18. The zero-order chi connectivity index (χ0) is 30.3. The predicted octanol–water partition coefficient (Wildman–Crippen LogP) is 4.49. The largest absolute Gasteiger partial charge is 0.497 e. The molecule has 1 atom stereocenters. The molecule has 5 rings (SSSR count). The van der Waals surface area contributed by atoms with Crippen molar-refractivity contribution in [1.29, 1.82) is 0 Å². The van der Waals surface area contributed by atoms with E-state index in [-0.39, 0.29) is 37.3 Å². The van der Waals surface area contributed by atoms with Crippen molar-refractivity contribution in [3.63, 3.8) is 0 Å². The first-order valence-corrected chi connectivity index (χ1v) is 14.2. The number of rotatable bonds is 5.